The van der Waals surface area contributed by atoms with Gasteiger partial charge in [-0.25, -0.2) is 0 Å². The average molecular weight is 528 g/mol. The minimum Gasteiger partial charge on any atom is -0.397 e. The van der Waals surface area contributed by atoms with Gasteiger partial charge in [0.05, 0.1) is 11.4 Å². The highest BCUT2D eigenvalue weighted by Crippen LogP contribution is 2.43. The van der Waals surface area contributed by atoms with Gasteiger partial charge >= 0.3 is 0 Å². The van der Waals surface area contributed by atoms with Crippen LogP contribution in [0.4, 0.5) is 11.4 Å². The summed E-state index contributed by atoms with van der Waals surface area (Å²) in [5.41, 5.74) is 17.9. The summed E-state index contributed by atoms with van der Waals surface area (Å²) < 4.78 is 3.55. The minimum absolute atomic E-state index is 0.706. The highest BCUT2D eigenvalue weighted by molar-refractivity contribution is 9.11. The van der Waals surface area contributed by atoms with Gasteiger partial charge < -0.3 is 11.5 Å². The second kappa shape index (κ2) is 5.99. The molecule has 0 saturated heterocycles. The predicted molar refractivity (Wildman–Crippen MR) is 101 cm³/mol. The monoisotopic (exact) mass is 524 g/mol. The number of halogens is 4. The standard InChI is InChI=1S/C14H12Br4N2/c1-5-7(3-9(15)13(19)11(5)17)8-4-10(16)14(20)12(18)6(8)2/h3-4H,19-20H2,1-2H3. The first-order valence-corrected chi connectivity index (χ1v) is 8.91. The van der Waals surface area contributed by atoms with Gasteiger partial charge in [0, 0.05) is 17.9 Å². The molecule has 0 spiro atoms. The van der Waals surface area contributed by atoms with E-state index in [4.69, 9.17) is 11.5 Å². The average Bonchev–Trinajstić information content (AvgIpc) is 2.42. The summed E-state index contributed by atoms with van der Waals surface area (Å²) in [6, 6.07) is 4.07. The lowest BCUT2D eigenvalue weighted by atomic mass is 9.96. The van der Waals surface area contributed by atoms with Crippen LogP contribution >= 0.6 is 63.7 Å². The summed E-state index contributed by atoms with van der Waals surface area (Å²) in [4.78, 5) is 0. The fourth-order valence-corrected chi connectivity index (χ4v) is 4.28. The molecule has 2 rings (SSSR count). The first-order chi connectivity index (χ1) is 9.25. The SMILES string of the molecule is Cc1c(-c2cc(Br)c(N)c(Br)c2C)cc(Br)c(N)c1Br. The molecule has 0 aliphatic carbocycles. The number of nitrogens with two attached hydrogens (primary N) is 2. The van der Waals surface area contributed by atoms with Crippen LogP contribution in [0.3, 0.4) is 0 Å². The lowest BCUT2D eigenvalue weighted by Crippen LogP contribution is -1.98. The Kier molecular flexibility index (Phi) is 4.89. The summed E-state index contributed by atoms with van der Waals surface area (Å²) in [5.74, 6) is 0. The van der Waals surface area contributed by atoms with Gasteiger partial charge in [-0.15, -0.1) is 0 Å². The Morgan fingerprint density at radius 2 is 1.00 bits per heavy atom. The van der Waals surface area contributed by atoms with Crippen LogP contribution in [0.25, 0.3) is 11.1 Å². The van der Waals surface area contributed by atoms with Gasteiger partial charge in [0.25, 0.3) is 0 Å². The molecule has 0 aromatic heterocycles. The molecule has 0 unspecified atom stereocenters. The molecule has 0 radical (unpaired) electrons. The Bertz CT molecular complexity index is 650. The minimum atomic E-state index is 0.706. The Morgan fingerprint density at radius 3 is 1.30 bits per heavy atom. The van der Waals surface area contributed by atoms with Gasteiger partial charge in [0.2, 0.25) is 0 Å². The first kappa shape index (κ1) is 16.3. The molecule has 2 aromatic carbocycles. The smallest absolute Gasteiger partial charge is 0.0606 e. The summed E-state index contributed by atoms with van der Waals surface area (Å²) in [6.45, 7) is 4.08. The Balaban J connectivity index is 2.83. The number of hydrogen-bond acceptors (Lipinski definition) is 2. The fraction of sp³-hybridized carbons (Fsp3) is 0.143. The molecule has 0 heterocycles. The van der Waals surface area contributed by atoms with Crippen molar-refractivity contribution in [1.82, 2.24) is 0 Å². The van der Waals surface area contributed by atoms with Crippen LogP contribution in [0.5, 0.6) is 0 Å². The zero-order valence-corrected chi connectivity index (χ0v) is 17.2. The van der Waals surface area contributed by atoms with E-state index < -0.39 is 0 Å². The molecular weight excluding hydrogens is 516 g/mol. The maximum atomic E-state index is 6.02. The van der Waals surface area contributed by atoms with Crippen molar-refractivity contribution in [3.05, 3.63) is 41.2 Å². The van der Waals surface area contributed by atoms with Gasteiger partial charge in [0.15, 0.2) is 0 Å². The molecular formula is C14H12Br4N2. The lowest BCUT2D eigenvalue weighted by Gasteiger charge is -2.17. The molecule has 0 saturated carbocycles. The summed E-state index contributed by atoms with van der Waals surface area (Å²) >= 11 is 14.1. The second-order valence-corrected chi connectivity index (χ2v) is 7.81. The van der Waals surface area contributed by atoms with E-state index in [9.17, 15) is 0 Å². The second-order valence-electron chi connectivity index (χ2n) is 4.52. The van der Waals surface area contributed by atoms with Crippen molar-refractivity contribution < 1.29 is 0 Å². The van der Waals surface area contributed by atoms with Crippen LogP contribution in [0.2, 0.25) is 0 Å². The van der Waals surface area contributed by atoms with Gasteiger partial charge in [-0.2, -0.15) is 0 Å². The third-order valence-electron chi connectivity index (χ3n) is 3.29. The molecule has 20 heavy (non-hydrogen) atoms. The third-order valence-corrected chi connectivity index (χ3v) is 6.64. The lowest BCUT2D eigenvalue weighted by molar-refractivity contribution is 1.36. The maximum absolute atomic E-state index is 6.02. The van der Waals surface area contributed by atoms with Crippen molar-refractivity contribution in [2.75, 3.05) is 11.5 Å². The Labute approximate surface area is 151 Å². The van der Waals surface area contributed by atoms with Crippen LogP contribution < -0.4 is 11.5 Å². The quantitative estimate of drug-likeness (QED) is 0.435. The topological polar surface area (TPSA) is 52.0 Å². The van der Waals surface area contributed by atoms with E-state index in [0.717, 1.165) is 40.1 Å². The van der Waals surface area contributed by atoms with Crippen LogP contribution in [-0.2, 0) is 0 Å². The number of nitrogen functional groups attached to an aromatic ring is 2. The van der Waals surface area contributed by atoms with Crippen molar-refractivity contribution in [2.24, 2.45) is 0 Å². The predicted octanol–water partition coefficient (Wildman–Crippen LogP) is 6.18. The van der Waals surface area contributed by atoms with Gasteiger partial charge in [-0.05, 0) is 112 Å². The van der Waals surface area contributed by atoms with Crippen LogP contribution in [0, 0.1) is 13.8 Å². The van der Waals surface area contributed by atoms with E-state index in [1.807, 2.05) is 26.0 Å². The molecule has 2 aromatic rings. The van der Waals surface area contributed by atoms with E-state index >= 15 is 0 Å². The molecule has 0 atom stereocenters. The van der Waals surface area contributed by atoms with Gasteiger partial charge in [-0.3, -0.25) is 0 Å². The summed E-state index contributed by atoms with van der Waals surface area (Å²) in [6.07, 6.45) is 0. The molecule has 0 amide bonds. The largest absolute Gasteiger partial charge is 0.397 e. The number of hydrogen-bond donors (Lipinski definition) is 2. The normalized spacial score (nSPS) is 10.9. The number of rotatable bonds is 1. The zero-order chi connectivity index (χ0) is 15.2. The van der Waals surface area contributed by atoms with Crippen LogP contribution in [0.1, 0.15) is 11.1 Å². The number of benzene rings is 2. The van der Waals surface area contributed by atoms with Crippen LogP contribution in [0.15, 0.2) is 30.0 Å². The molecule has 2 nitrogen and oxygen atoms in total. The Hall–Kier alpha value is -0.0400. The molecule has 106 valence electrons. The van der Waals surface area contributed by atoms with Crippen molar-refractivity contribution in [3.8, 4) is 11.1 Å². The van der Waals surface area contributed by atoms with Crippen molar-refractivity contribution >= 4 is 75.1 Å². The molecule has 0 aliphatic rings. The van der Waals surface area contributed by atoms with Gasteiger partial charge in [0.1, 0.15) is 0 Å². The highest BCUT2D eigenvalue weighted by atomic mass is 79.9. The molecule has 0 fully saturated rings. The van der Waals surface area contributed by atoms with Crippen molar-refractivity contribution in [2.45, 2.75) is 13.8 Å². The van der Waals surface area contributed by atoms with E-state index in [1.54, 1.807) is 0 Å². The highest BCUT2D eigenvalue weighted by Gasteiger charge is 2.16. The molecule has 4 N–H and O–H groups in total. The fourth-order valence-electron chi connectivity index (χ4n) is 2.04. The van der Waals surface area contributed by atoms with E-state index in [1.165, 1.54) is 0 Å². The first-order valence-electron chi connectivity index (χ1n) is 5.74. The Morgan fingerprint density at radius 1 is 0.700 bits per heavy atom. The van der Waals surface area contributed by atoms with Crippen LogP contribution in [-0.4, -0.2) is 0 Å². The van der Waals surface area contributed by atoms with E-state index in [-0.39, 0.29) is 0 Å². The molecule has 0 bridgehead atoms. The van der Waals surface area contributed by atoms with Crippen molar-refractivity contribution in [1.29, 1.82) is 0 Å². The van der Waals surface area contributed by atoms with E-state index in [2.05, 4.69) is 63.7 Å². The summed E-state index contributed by atoms with van der Waals surface area (Å²) in [5, 5.41) is 0. The number of anilines is 2. The van der Waals surface area contributed by atoms with Crippen molar-refractivity contribution in [3.63, 3.8) is 0 Å². The third kappa shape index (κ3) is 2.67. The molecule has 0 aliphatic heterocycles. The summed E-state index contributed by atoms with van der Waals surface area (Å²) in [7, 11) is 0. The maximum Gasteiger partial charge on any atom is 0.0606 e. The van der Waals surface area contributed by atoms with E-state index in [0.29, 0.717) is 11.4 Å². The van der Waals surface area contributed by atoms with Gasteiger partial charge in [-0.1, -0.05) is 0 Å². The molecule has 6 heteroatoms. The zero-order valence-electron chi connectivity index (χ0n) is 10.8.